The summed E-state index contributed by atoms with van der Waals surface area (Å²) in [5.41, 5.74) is -0.0419. The van der Waals surface area contributed by atoms with Crippen LogP contribution in [0.3, 0.4) is 0 Å². The molecule has 0 spiro atoms. The smallest absolute Gasteiger partial charge is 0.150 e. The summed E-state index contributed by atoms with van der Waals surface area (Å²) in [4.78, 5) is 0. The number of rotatable bonds is 2. The van der Waals surface area contributed by atoms with Crippen molar-refractivity contribution in [3.63, 3.8) is 0 Å². The van der Waals surface area contributed by atoms with E-state index in [2.05, 4.69) is 21.2 Å². The van der Waals surface area contributed by atoms with Gasteiger partial charge in [-0.2, -0.15) is 0 Å². The van der Waals surface area contributed by atoms with E-state index in [1.54, 1.807) is 0 Å². The number of hydrogen-bond acceptors (Lipinski definition) is 1. The van der Waals surface area contributed by atoms with Gasteiger partial charge in [0.2, 0.25) is 0 Å². The second-order valence-corrected chi connectivity index (χ2v) is 4.77. The highest BCUT2D eigenvalue weighted by Gasteiger charge is 2.15. The first-order chi connectivity index (χ1) is 7.66. The number of anilines is 1. The number of benzene rings is 1. The van der Waals surface area contributed by atoms with Gasteiger partial charge in [-0.15, -0.1) is 0 Å². The molecule has 86 valence electrons. The lowest BCUT2D eigenvalue weighted by Gasteiger charge is -2.20. The topological polar surface area (TPSA) is 12.0 Å². The lowest BCUT2D eigenvalue weighted by atomic mass is 10.0. The molecule has 1 aliphatic carbocycles. The van der Waals surface area contributed by atoms with Crippen LogP contribution in [-0.4, -0.2) is 6.04 Å². The van der Waals surface area contributed by atoms with E-state index >= 15 is 0 Å². The Morgan fingerprint density at radius 2 is 1.94 bits per heavy atom. The SMILES string of the molecule is Fc1cc(Br)cc(F)c1NC1C=CCCC1. The van der Waals surface area contributed by atoms with E-state index in [4.69, 9.17) is 0 Å². The van der Waals surface area contributed by atoms with Gasteiger partial charge in [0.1, 0.15) is 17.3 Å². The fourth-order valence-corrected chi connectivity index (χ4v) is 2.20. The lowest BCUT2D eigenvalue weighted by molar-refractivity contribution is 0.578. The molecule has 0 amide bonds. The monoisotopic (exact) mass is 287 g/mol. The molecule has 1 aromatic carbocycles. The number of nitrogens with one attached hydrogen (secondary N) is 1. The zero-order valence-corrected chi connectivity index (χ0v) is 10.2. The fraction of sp³-hybridized carbons (Fsp3) is 0.333. The molecule has 1 aromatic rings. The van der Waals surface area contributed by atoms with Crippen LogP contribution in [0.2, 0.25) is 0 Å². The first kappa shape index (κ1) is 11.6. The summed E-state index contributed by atoms with van der Waals surface area (Å²) in [7, 11) is 0. The first-order valence-corrected chi connectivity index (χ1v) is 6.04. The van der Waals surface area contributed by atoms with Gasteiger partial charge in [-0.1, -0.05) is 28.1 Å². The summed E-state index contributed by atoms with van der Waals surface area (Å²) in [6.07, 6.45) is 7.00. The Morgan fingerprint density at radius 3 is 2.50 bits per heavy atom. The van der Waals surface area contributed by atoms with Gasteiger partial charge in [0.25, 0.3) is 0 Å². The molecule has 0 bridgehead atoms. The Kier molecular flexibility index (Phi) is 3.59. The minimum absolute atomic E-state index is 0.0268. The van der Waals surface area contributed by atoms with E-state index < -0.39 is 11.6 Å². The standard InChI is InChI=1S/C12H12BrF2N/c13-8-6-10(14)12(11(15)7-8)16-9-4-2-1-3-5-9/h2,4,6-7,9,16H,1,3,5H2. The minimum atomic E-state index is -0.564. The fourth-order valence-electron chi connectivity index (χ4n) is 1.80. The third kappa shape index (κ3) is 2.61. The maximum absolute atomic E-state index is 13.5. The van der Waals surface area contributed by atoms with Gasteiger partial charge >= 0.3 is 0 Å². The largest absolute Gasteiger partial charge is 0.374 e. The third-order valence-corrected chi connectivity index (χ3v) is 3.05. The predicted octanol–water partition coefficient (Wildman–Crippen LogP) is 4.25. The Hall–Kier alpha value is -0.900. The molecular formula is C12H12BrF2N. The summed E-state index contributed by atoms with van der Waals surface area (Å²) in [5.74, 6) is -1.13. The van der Waals surface area contributed by atoms with Crippen molar-refractivity contribution in [2.45, 2.75) is 25.3 Å². The van der Waals surface area contributed by atoms with Gasteiger partial charge < -0.3 is 5.32 Å². The molecule has 0 aliphatic heterocycles. The number of hydrogen-bond donors (Lipinski definition) is 1. The maximum Gasteiger partial charge on any atom is 0.150 e. The molecule has 1 N–H and O–H groups in total. The van der Waals surface area contributed by atoms with Gasteiger partial charge in [0.15, 0.2) is 0 Å². The van der Waals surface area contributed by atoms with Crippen LogP contribution in [-0.2, 0) is 0 Å². The van der Waals surface area contributed by atoms with Crippen LogP contribution in [0, 0.1) is 11.6 Å². The molecule has 1 atom stereocenters. The van der Waals surface area contributed by atoms with Crippen LogP contribution in [0.5, 0.6) is 0 Å². The van der Waals surface area contributed by atoms with Crippen molar-refractivity contribution in [3.8, 4) is 0 Å². The zero-order valence-electron chi connectivity index (χ0n) is 8.64. The molecule has 2 rings (SSSR count). The molecule has 0 radical (unpaired) electrons. The Bertz CT molecular complexity index is 394. The molecule has 0 aromatic heterocycles. The molecular weight excluding hydrogens is 276 g/mol. The van der Waals surface area contributed by atoms with Crippen LogP contribution < -0.4 is 5.32 Å². The summed E-state index contributed by atoms with van der Waals surface area (Å²) in [5, 5.41) is 2.89. The summed E-state index contributed by atoms with van der Waals surface area (Å²) in [6, 6.07) is 2.55. The second-order valence-electron chi connectivity index (χ2n) is 3.85. The van der Waals surface area contributed by atoms with Crippen molar-refractivity contribution in [1.82, 2.24) is 0 Å². The summed E-state index contributed by atoms with van der Waals surface area (Å²) in [6.45, 7) is 0. The minimum Gasteiger partial charge on any atom is -0.374 e. The first-order valence-electron chi connectivity index (χ1n) is 5.24. The highest BCUT2D eigenvalue weighted by molar-refractivity contribution is 9.10. The Labute approximate surface area is 102 Å². The highest BCUT2D eigenvalue weighted by Crippen LogP contribution is 2.26. The zero-order chi connectivity index (χ0) is 11.5. The average Bonchev–Trinajstić information content (AvgIpc) is 2.25. The van der Waals surface area contributed by atoms with E-state index in [1.807, 2.05) is 12.2 Å². The summed E-state index contributed by atoms with van der Waals surface area (Å²) < 4.78 is 27.4. The summed E-state index contributed by atoms with van der Waals surface area (Å²) >= 11 is 3.05. The van der Waals surface area contributed by atoms with Crippen molar-refractivity contribution in [1.29, 1.82) is 0 Å². The Balaban J connectivity index is 2.20. The normalized spacial score (nSPS) is 19.8. The van der Waals surface area contributed by atoms with E-state index in [0.717, 1.165) is 19.3 Å². The molecule has 4 heteroatoms. The van der Waals surface area contributed by atoms with Crippen molar-refractivity contribution < 1.29 is 8.78 Å². The van der Waals surface area contributed by atoms with Gasteiger partial charge in [0.05, 0.1) is 0 Å². The van der Waals surface area contributed by atoms with Gasteiger partial charge in [-0.3, -0.25) is 0 Å². The molecule has 16 heavy (non-hydrogen) atoms. The van der Waals surface area contributed by atoms with Crippen molar-refractivity contribution >= 4 is 21.6 Å². The molecule has 0 fully saturated rings. The van der Waals surface area contributed by atoms with E-state index in [0.29, 0.717) is 4.47 Å². The van der Waals surface area contributed by atoms with Crippen LogP contribution in [0.4, 0.5) is 14.5 Å². The van der Waals surface area contributed by atoms with E-state index in [9.17, 15) is 8.78 Å². The quantitative estimate of drug-likeness (QED) is 0.802. The molecule has 0 heterocycles. The Morgan fingerprint density at radius 1 is 1.25 bits per heavy atom. The third-order valence-electron chi connectivity index (χ3n) is 2.59. The second kappa shape index (κ2) is 4.95. The van der Waals surface area contributed by atoms with Crippen LogP contribution >= 0.6 is 15.9 Å². The van der Waals surface area contributed by atoms with E-state index in [-0.39, 0.29) is 11.7 Å². The van der Waals surface area contributed by atoms with Gasteiger partial charge in [-0.05, 0) is 31.4 Å². The molecule has 0 saturated heterocycles. The van der Waals surface area contributed by atoms with Crippen molar-refractivity contribution in [2.75, 3.05) is 5.32 Å². The van der Waals surface area contributed by atoms with Crippen LogP contribution in [0.1, 0.15) is 19.3 Å². The highest BCUT2D eigenvalue weighted by atomic mass is 79.9. The maximum atomic E-state index is 13.5. The molecule has 1 aliphatic rings. The predicted molar refractivity (Wildman–Crippen MR) is 64.5 cm³/mol. The van der Waals surface area contributed by atoms with Gasteiger partial charge in [0, 0.05) is 10.5 Å². The van der Waals surface area contributed by atoms with Crippen LogP contribution in [0.25, 0.3) is 0 Å². The number of halogens is 3. The average molecular weight is 288 g/mol. The number of allylic oxidation sites excluding steroid dienone is 1. The molecule has 1 unspecified atom stereocenters. The molecule has 1 nitrogen and oxygen atoms in total. The van der Waals surface area contributed by atoms with Gasteiger partial charge in [-0.25, -0.2) is 8.78 Å². The van der Waals surface area contributed by atoms with Crippen LogP contribution in [0.15, 0.2) is 28.8 Å². The van der Waals surface area contributed by atoms with Crippen molar-refractivity contribution in [2.24, 2.45) is 0 Å². The van der Waals surface area contributed by atoms with E-state index in [1.165, 1.54) is 12.1 Å². The van der Waals surface area contributed by atoms with Crippen molar-refractivity contribution in [3.05, 3.63) is 40.4 Å². The molecule has 0 saturated carbocycles. The lowest BCUT2D eigenvalue weighted by Crippen LogP contribution is -2.20.